The summed E-state index contributed by atoms with van der Waals surface area (Å²) in [7, 11) is 0. The monoisotopic (exact) mass is 290 g/mol. The fourth-order valence-corrected chi connectivity index (χ4v) is 1.54. The third-order valence-electron chi connectivity index (χ3n) is 2.34. The maximum absolute atomic E-state index is 11.6. The number of anilines is 1. The lowest BCUT2D eigenvalue weighted by Gasteiger charge is -2.06. The number of nitrogens with one attached hydrogen (secondary N) is 1. The number of carbonyl (C=O) groups excluding carboxylic acids is 2. The third-order valence-corrected chi connectivity index (χ3v) is 2.59. The van der Waals surface area contributed by atoms with Crippen LogP contribution in [-0.2, 0) is 9.53 Å². The van der Waals surface area contributed by atoms with Crippen molar-refractivity contribution in [3.63, 3.8) is 0 Å². The molecule has 0 fully saturated rings. The Bertz CT molecular complexity index is 600. The number of esters is 1. The van der Waals surface area contributed by atoms with Crippen molar-refractivity contribution in [2.45, 2.75) is 0 Å². The number of hydrogen-bond acceptors (Lipinski definition) is 4. The van der Waals surface area contributed by atoms with Crippen LogP contribution in [0.1, 0.15) is 10.5 Å². The molecule has 0 aliphatic heterocycles. The Hall–Kier alpha value is -2.40. The molecule has 0 unspecified atom stereocenters. The van der Waals surface area contributed by atoms with Crippen LogP contribution in [0.25, 0.3) is 0 Å². The first-order chi connectivity index (χ1) is 9.65. The fraction of sp³-hybridized carbons (Fsp3) is 0.0714. The van der Waals surface area contributed by atoms with Gasteiger partial charge >= 0.3 is 5.97 Å². The first kappa shape index (κ1) is 14.0. The number of hydrogen-bond donors (Lipinski definition) is 1. The molecule has 5 nitrogen and oxygen atoms in total. The summed E-state index contributed by atoms with van der Waals surface area (Å²) in [6.07, 6.45) is 1.48. The molecule has 0 aliphatic rings. The van der Waals surface area contributed by atoms with Crippen LogP contribution in [0.2, 0.25) is 5.02 Å². The molecule has 1 N–H and O–H groups in total. The lowest BCUT2D eigenvalue weighted by Crippen LogP contribution is -2.21. The van der Waals surface area contributed by atoms with E-state index >= 15 is 0 Å². The standard InChI is InChI=1S/C14H11ClN2O3/c15-10-4-6-11(7-5-10)17-13(18)9-20-14(19)12-3-1-2-8-16-12/h1-8H,9H2,(H,17,18). The summed E-state index contributed by atoms with van der Waals surface area (Å²) in [5.41, 5.74) is 0.736. The first-order valence-electron chi connectivity index (χ1n) is 5.79. The van der Waals surface area contributed by atoms with Crippen molar-refractivity contribution in [3.05, 3.63) is 59.4 Å². The number of rotatable bonds is 4. The van der Waals surface area contributed by atoms with Crippen molar-refractivity contribution in [1.29, 1.82) is 0 Å². The van der Waals surface area contributed by atoms with E-state index in [2.05, 4.69) is 10.3 Å². The maximum atomic E-state index is 11.6. The highest BCUT2D eigenvalue weighted by Crippen LogP contribution is 2.13. The number of aromatic nitrogens is 1. The minimum absolute atomic E-state index is 0.159. The molecule has 20 heavy (non-hydrogen) atoms. The van der Waals surface area contributed by atoms with Crippen LogP contribution in [0.4, 0.5) is 5.69 Å². The Labute approximate surface area is 120 Å². The van der Waals surface area contributed by atoms with Crippen LogP contribution in [0.15, 0.2) is 48.7 Å². The van der Waals surface area contributed by atoms with Crippen LogP contribution in [0.3, 0.4) is 0 Å². The number of pyridine rings is 1. The summed E-state index contributed by atoms with van der Waals surface area (Å²) in [5.74, 6) is -1.08. The Kier molecular flexibility index (Phi) is 4.68. The van der Waals surface area contributed by atoms with Crippen molar-refractivity contribution in [1.82, 2.24) is 4.98 Å². The second kappa shape index (κ2) is 6.68. The Morgan fingerprint density at radius 2 is 1.90 bits per heavy atom. The van der Waals surface area contributed by atoms with Gasteiger partial charge in [-0.15, -0.1) is 0 Å². The molecule has 0 atom stereocenters. The van der Waals surface area contributed by atoms with E-state index in [9.17, 15) is 9.59 Å². The zero-order chi connectivity index (χ0) is 14.4. The predicted molar refractivity (Wildman–Crippen MR) is 74.6 cm³/mol. The Morgan fingerprint density at radius 1 is 1.15 bits per heavy atom. The van der Waals surface area contributed by atoms with E-state index in [1.54, 1.807) is 36.4 Å². The van der Waals surface area contributed by atoms with Gasteiger partial charge in [-0.25, -0.2) is 9.78 Å². The van der Waals surface area contributed by atoms with Gasteiger partial charge in [0.25, 0.3) is 5.91 Å². The summed E-state index contributed by atoms with van der Waals surface area (Å²) >= 11 is 5.73. The van der Waals surface area contributed by atoms with Gasteiger partial charge in [-0.05, 0) is 36.4 Å². The van der Waals surface area contributed by atoms with Crippen molar-refractivity contribution in [3.8, 4) is 0 Å². The molecule has 1 aromatic heterocycles. The quantitative estimate of drug-likeness (QED) is 0.879. The van der Waals surface area contributed by atoms with Gasteiger partial charge in [0.15, 0.2) is 6.61 Å². The zero-order valence-electron chi connectivity index (χ0n) is 10.4. The first-order valence-corrected chi connectivity index (χ1v) is 6.16. The molecule has 1 heterocycles. The molecule has 0 aliphatic carbocycles. The number of nitrogens with zero attached hydrogens (tertiary/aromatic N) is 1. The zero-order valence-corrected chi connectivity index (χ0v) is 11.1. The minimum Gasteiger partial charge on any atom is -0.451 e. The minimum atomic E-state index is -0.642. The second-order valence-electron chi connectivity index (χ2n) is 3.85. The molecule has 2 rings (SSSR count). The Balaban J connectivity index is 1.83. The largest absolute Gasteiger partial charge is 0.451 e. The van der Waals surface area contributed by atoms with E-state index in [4.69, 9.17) is 16.3 Å². The van der Waals surface area contributed by atoms with Gasteiger partial charge in [-0.2, -0.15) is 0 Å². The smallest absolute Gasteiger partial charge is 0.357 e. The van der Waals surface area contributed by atoms with Gasteiger partial charge < -0.3 is 10.1 Å². The van der Waals surface area contributed by atoms with Crippen molar-refractivity contribution >= 4 is 29.2 Å². The van der Waals surface area contributed by atoms with Crippen LogP contribution in [0.5, 0.6) is 0 Å². The number of benzene rings is 1. The highest BCUT2D eigenvalue weighted by atomic mass is 35.5. The highest BCUT2D eigenvalue weighted by molar-refractivity contribution is 6.30. The summed E-state index contributed by atoms with van der Waals surface area (Å²) in [6.45, 7) is -0.377. The summed E-state index contributed by atoms with van der Waals surface area (Å²) in [4.78, 5) is 27.0. The van der Waals surface area contributed by atoms with Crippen LogP contribution < -0.4 is 5.32 Å². The molecule has 2 aromatic rings. The number of carbonyl (C=O) groups is 2. The summed E-state index contributed by atoms with van der Waals surface area (Å²) in [6, 6.07) is 11.5. The molecule has 102 valence electrons. The molecular weight excluding hydrogens is 280 g/mol. The maximum Gasteiger partial charge on any atom is 0.357 e. The van der Waals surface area contributed by atoms with Gasteiger partial charge in [-0.1, -0.05) is 17.7 Å². The average Bonchev–Trinajstić information content (AvgIpc) is 2.48. The number of ether oxygens (including phenoxy) is 1. The molecule has 0 saturated carbocycles. The lowest BCUT2D eigenvalue weighted by atomic mass is 10.3. The predicted octanol–water partition coefficient (Wildman–Crippen LogP) is 2.53. The van der Waals surface area contributed by atoms with Gasteiger partial charge in [0.1, 0.15) is 5.69 Å². The molecule has 6 heteroatoms. The number of amides is 1. The molecule has 0 radical (unpaired) electrons. The molecule has 1 amide bonds. The van der Waals surface area contributed by atoms with E-state index in [-0.39, 0.29) is 12.3 Å². The molecule has 0 bridgehead atoms. The molecule has 0 saturated heterocycles. The molecular formula is C14H11ClN2O3. The molecule has 1 aromatic carbocycles. The molecule has 0 spiro atoms. The van der Waals surface area contributed by atoms with Crippen molar-refractivity contribution in [2.24, 2.45) is 0 Å². The third kappa shape index (κ3) is 4.07. The van der Waals surface area contributed by atoms with E-state index in [0.717, 1.165) is 0 Å². The van der Waals surface area contributed by atoms with Crippen molar-refractivity contribution in [2.75, 3.05) is 11.9 Å². The average molecular weight is 291 g/mol. The fourth-order valence-electron chi connectivity index (χ4n) is 1.42. The van der Waals surface area contributed by atoms with Crippen LogP contribution in [0, 0.1) is 0 Å². The normalized spacial score (nSPS) is 9.85. The van der Waals surface area contributed by atoms with Crippen molar-refractivity contribution < 1.29 is 14.3 Å². The van der Waals surface area contributed by atoms with Gasteiger partial charge in [-0.3, -0.25) is 4.79 Å². The van der Waals surface area contributed by atoms with E-state index in [1.807, 2.05) is 0 Å². The second-order valence-corrected chi connectivity index (χ2v) is 4.28. The van der Waals surface area contributed by atoms with Crippen LogP contribution >= 0.6 is 11.6 Å². The summed E-state index contributed by atoms with van der Waals surface area (Å²) in [5, 5.41) is 3.15. The van der Waals surface area contributed by atoms with E-state index in [1.165, 1.54) is 12.3 Å². The van der Waals surface area contributed by atoms with Crippen LogP contribution in [-0.4, -0.2) is 23.5 Å². The van der Waals surface area contributed by atoms with Gasteiger partial charge in [0.05, 0.1) is 0 Å². The summed E-state index contributed by atoms with van der Waals surface area (Å²) < 4.78 is 4.85. The van der Waals surface area contributed by atoms with Gasteiger partial charge in [0, 0.05) is 16.9 Å². The topological polar surface area (TPSA) is 68.3 Å². The Morgan fingerprint density at radius 3 is 2.55 bits per heavy atom. The van der Waals surface area contributed by atoms with E-state index in [0.29, 0.717) is 10.7 Å². The van der Waals surface area contributed by atoms with Gasteiger partial charge in [0.2, 0.25) is 0 Å². The highest BCUT2D eigenvalue weighted by Gasteiger charge is 2.10. The number of halogens is 1. The lowest BCUT2D eigenvalue weighted by molar-refractivity contribution is -0.119. The van der Waals surface area contributed by atoms with E-state index < -0.39 is 11.9 Å². The SMILES string of the molecule is O=C(COC(=O)c1ccccn1)Nc1ccc(Cl)cc1.